The van der Waals surface area contributed by atoms with Gasteiger partial charge in [0.1, 0.15) is 0 Å². The molecular formula is C18H19N3. The first-order valence-corrected chi connectivity index (χ1v) is 7.55. The first-order chi connectivity index (χ1) is 10.3. The zero-order valence-electron chi connectivity index (χ0n) is 11.9. The highest BCUT2D eigenvalue weighted by Gasteiger charge is 2.29. The van der Waals surface area contributed by atoms with Crippen molar-refractivity contribution >= 4 is 10.9 Å². The molecule has 0 aliphatic heterocycles. The van der Waals surface area contributed by atoms with Crippen LogP contribution in [-0.4, -0.2) is 9.55 Å². The molecule has 1 aromatic carbocycles. The summed E-state index contributed by atoms with van der Waals surface area (Å²) in [5, 5.41) is 1.19. The number of para-hydroxylation sites is 1. The van der Waals surface area contributed by atoms with Crippen molar-refractivity contribution in [2.45, 2.75) is 25.4 Å². The summed E-state index contributed by atoms with van der Waals surface area (Å²) in [6, 6.07) is 12.8. The number of nitrogens with two attached hydrogens (primary N) is 1. The fourth-order valence-electron chi connectivity index (χ4n) is 2.97. The smallest absolute Gasteiger partial charge is 0.0751 e. The number of pyridine rings is 1. The van der Waals surface area contributed by atoms with Crippen molar-refractivity contribution in [3.63, 3.8) is 0 Å². The Labute approximate surface area is 124 Å². The van der Waals surface area contributed by atoms with Crippen LogP contribution in [-0.2, 0) is 6.54 Å². The van der Waals surface area contributed by atoms with Crippen LogP contribution in [0.4, 0.5) is 0 Å². The average Bonchev–Trinajstić information content (AvgIpc) is 3.27. The van der Waals surface area contributed by atoms with Crippen LogP contribution in [0.25, 0.3) is 10.9 Å². The van der Waals surface area contributed by atoms with Crippen molar-refractivity contribution in [3.05, 3.63) is 66.1 Å². The van der Waals surface area contributed by atoms with Gasteiger partial charge in [-0.3, -0.25) is 4.98 Å². The summed E-state index contributed by atoms with van der Waals surface area (Å²) in [6.07, 6.45) is 8.72. The zero-order valence-corrected chi connectivity index (χ0v) is 11.9. The summed E-state index contributed by atoms with van der Waals surface area (Å²) in [7, 11) is 0. The van der Waals surface area contributed by atoms with Crippen molar-refractivity contribution < 1.29 is 0 Å². The summed E-state index contributed by atoms with van der Waals surface area (Å²) in [4.78, 5) is 4.52. The Balaban J connectivity index is 1.62. The van der Waals surface area contributed by atoms with Crippen LogP contribution in [0.2, 0.25) is 0 Å². The van der Waals surface area contributed by atoms with E-state index in [4.69, 9.17) is 5.73 Å². The van der Waals surface area contributed by atoms with Crippen molar-refractivity contribution in [2.24, 2.45) is 11.7 Å². The van der Waals surface area contributed by atoms with Crippen LogP contribution >= 0.6 is 0 Å². The highest BCUT2D eigenvalue weighted by molar-refractivity contribution is 5.81. The maximum atomic E-state index is 6.27. The molecule has 3 heteroatoms. The summed E-state index contributed by atoms with van der Waals surface area (Å²) in [6.45, 7) is 0.839. The molecule has 3 nitrogen and oxygen atoms in total. The third kappa shape index (κ3) is 2.45. The predicted octanol–water partition coefficient (Wildman–Crippen LogP) is 3.49. The second-order valence-corrected chi connectivity index (χ2v) is 5.97. The fraction of sp³-hybridized carbons (Fsp3) is 0.278. The van der Waals surface area contributed by atoms with E-state index in [0.29, 0.717) is 5.92 Å². The maximum absolute atomic E-state index is 6.27. The van der Waals surface area contributed by atoms with Gasteiger partial charge < -0.3 is 10.3 Å². The third-order valence-corrected chi connectivity index (χ3v) is 4.36. The molecule has 1 fully saturated rings. The molecule has 4 rings (SSSR count). The Morgan fingerprint density at radius 1 is 1.19 bits per heavy atom. The molecule has 1 aliphatic carbocycles. The largest absolute Gasteiger partial charge is 0.349 e. The lowest BCUT2D eigenvalue weighted by Crippen LogP contribution is -2.11. The molecule has 0 spiro atoms. The highest BCUT2D eigenvalue weighted by atomic mass is 14.9. The molecule has 1 saturated carbocycles. The molecule has 2 N–H and O–H groups in total. The summed E-state index contributed by atoms with van der Waals surface area (Å²) in [5.41, 5.74) is 9.86. The lowest BCUT2D eigenvalue weighted by molar-refractivity contribution is 0.631. The van der Waals surface area contributed by atoms with E-state index in [1.807, 2.05) is 12.3 Å². The predicted molar refractivity (Wildman–Crippen MR) is 84.9 cm³/mol. The van der Waals surface area contributed by atoms with Crippen molar-refractivity contribution in [2.75, 3.05) is 0 Å². The van der Waals surface area contributed by atoms with Crippen molar-refractivity contribution in [3.8, 4) is 0 Å². The van der Waals surface area contributed by atoms with Gasteiger partial charge in [0.2, 0.25) is 0 Å². The Morgan fingerprint density at radius 3 is 2.90 bits per heavy atom. The number of fused-ring (bicyclic) bond motifs is 1. The number of aromatic nitrogens is 2. The monoisotopic (exact) mass is 277 g/mol. The van der Waals surface area contributed by atoms with Gasteiger partial charge in [0, 0.05) is 36.6 Å². The molecular weight excluding hydrogens is 258 g/mol. The number of benzene rings is 1. The molecule has 0 radical (unpaired) electrons. The Kier molecular flexibility index (Phi) is 3.00. The molecule has 1 unspecified atom stereocenters. The highest BCUT2D eigenvalue weighted by Crippen LogP contribution is 2.39. The number of nitrogens with zero attached hydrogens (tertiary/aromatic N) is 2. The van der Waals surface area contributed by atoms with E-state index in [1.165, 1.54) is 29.4 Å². The molecule has 0 amide bonds. The van der Waals surface area contributed by atoms with Gasteiger partial charge in [-0.2, -0.15) is 0 Å². The molecule has 1 aliphatic rings. The van der Waals surface area contributed by atoms with Crippen LogP contribution in [0.3, 0.4) is 0 Å². The van der Waals surface area contributed by atoms with E-state index < -0.39 is 0 Å². The van der Waals surface area contributed by atoms with E-state index in [0.717, 1.165) is 12.1 Å². The Hall–Kier alpha value is -2.13. The van der Waals surface area contributed by atoms with Gasteiger partial charge in [-0.25, -0.2) is 0 Å². The minimum atomic E-state index is 0.205. The number of hydrogen-bond acceptors (Lipinski definition) is 2. The minimum absolute atomic E-state index is 0.205. The maximum Gasteiger partial charge on any atom is 0.0751 e. The Morgan fingerprint density at radius 2 is 2.05 bits per heavy atom. The van der Waals surface area contributed by atoms with Crippen LogP contribution < -0.4 is 5.73 Å². The number of hydrogen-bond donors (Lipinski definition) is 1. The normalized spacial score (nSPS) is 16.2. The lowest BCUT2D eigenvalue weighted by atomic mass is 10.1. The minimum Gasteiger partial charge on any atom is -0.349 e. The van der Waals surface area contributed by atoms with E-state index in [9.17, 15) is 0 Å². The Bertz CT molecular complexity index is 765. The van der Waals surface area contributed by atoms with Gasteiger partial charge in [0.15, 0.2) is 0 Å². The fourth-order valence-corrected chi connectivity index (χ4v) is 2.97. The van der Waals surface area contributed by atoms with Gasteiger partial charge >= 0.3 is 0 Å². The molecule has 0 saturated heterocycles. The van der Waals surface area contributed by atoms with E-state index >= 15 is 0 Å². The SMILES string of the molecule is NC(c1ccn(Cc2cccc3cccnc23)c1)C1CC1. The molecule has 2 heterocycles. The molecule has 3 aromatic rings. The molecule has 106 valence electrons. The van der Waals surface area contributed by atoms with Crippen molar-refractivity contribution in [1.29, 1.82) is 0 Å². The quantitative estimate of drug-likeness (QED) is 0.793. The van der Waals surface area contributed by atoms with Crippen LogP contribution in [0.5, 0.6) is 0 Å². The lowest BCUT2D eigenvalue weighted by Gasteiger charge is -2.08. The summed E-state index contributed by atoms with van der Waals surface area (Å²) >= 11 is 0. The topological polar surface area (TPSA) is 43.8 Å². The zero-order chi connectivity index (χ0) is 14.2. The van der Waals surface area contributed by atoms with Gasteiger partial charge in [0.25, 0.3) is 0 Å². The van der Waals surface area contributed by atoms with Crippen LogP contribution in [0.1, 0.15) is 30.0 Å². The molecule has 2 aromatic heterocycles. The van der Waals surface area contributed by atoms with E-state index in [2.05, 4.69) is 52.3 Å². The van der Waals surface area contributed by atoms with Gasteiger partial charge in [0.05, 0.1) is 5.52 Å². The third-order valence-electron chi connectivity index (χ3n) is 4.36. The summed E-state index contributed by atoms with van der Waals surface area (Å²) in [5.74, 6) is 0.695. The van der Waals surface area contributed by atoms with Crippen LogP contribution in [0.15, 0.2) is 55.0 Å². The second-order valence-electron chi connectivity index (χ2n) is 5.97. The molecule has 1 atom stereocenters. The molecule has 21 heavy (non-hydrogen) atoms. The summed E-state index contributed by atoms with van der Waals surface area (Å²) < 4.78 is 2.21. The standard InChI is InChI=1S/C18H19N3/c19-17(13-6-7-13)15-8-10-21(11-15)12-16-4-1-3-14-5-2-9-20-18(14)16/h1-5,8-11,13,17H,6-7,12,19H2. The van der Waals surface area contributed by atoms with Gasteiger partial charge in [-0.05, 0) is 42.0 Å². The average molecular weight is 277 g/mol. The second kappa shape index (κ2) is 5.01. The number of rotatable bonds is 4. The van der Waals surface area contributed by atoms with E-state index in [-0.39, 0.29) is 6.04 Å². The first-order valence-electron chi connectivity index (χ1n) is 7.55. The van der Waals surface area contributed by atoms with Crippen LogP contribution in [0, 0.1) is 5.92 Å². The van der Waals surface area contributed by atoms with E-state index in [1.54, 1.807) is 0 Å². The van der Waals surface area contributed by atoms with Gasteiger partial charge in [-0.15, -0.1) is 0 Å². The van der Waals surface area contributed by atoms with Crippen molar-refractivity contribution in [1.82, 2.24) is 9.55 Å². The first kappa shape index (κ1) is 12.6. The molecule has 0 bridgehead atoms. The van der Waals surface area contributed by atoms with Gasteiger partial charge in [-0.1, -0.05) is 24.3 Å².